The van der Waals surface area contributed by atoms with Crippen molar-refractivity contribution < 1.29 is 0 Å². The molecule has 0 atom stereocenters. The summed E-state index contributed by atoms with van der Waals surface area (Å²) >= 11 is 0. The molecule has 1 N–H and O–H groups in total. The van der Waals surface area contributed by atoms with Gasteiger partial charge in [0.25, 0.3) is 0 Å². The zero-order chi connectivity index (χ0) is 14.6. The molecule has 1 aromatic carbocycles. The highest BCUT2D eigenvalue weighted by molar-refractivity contribution is 5.72. The Balaban J connectivity index is 0.000000126. The van der Waals surface area contributed by atoms with Gasteiger partial charge in [0.2, 0.25) is 0 Å². The van der Waals surface area contributed by atoms with Gasteiger partial charge < -0.3 is 4.98 Å². The molecule has 4 heteroatoms. The minimum absolute atomic E-state index is 0.949. The third-order valence-electron chi connectivity index (χ3n) is 2.44. The van der Waals surface area contributed by atoms with Crippen LogP contribution < -0.4 is 0 Å². The van der Waals surface area contributed by atoms with E-state index in [9.17, 15) is 0 Å². The molecule has 0 aliphatic rings. The molecule has 0 saturated heterocycles. The van der Waals surface area contributed by atoms with Crippen molar-refractivity contribution in [2.75, 3.05) is 0 Å². The van der Waals surface area contributed by atoms with Gasteiger partial charge in [0, 0.05) is 37.2 Å². The first-order valence-corrected chi connectivity index (χ1v) is 6.55. The molecule has 0 bridgehead atoms. The Morgan fingerprint density at radius 1 is 0.571 bits per heavy atom. The quantitative estimate of drug-likeness (QED) is 0.532. The predicted octanol–water partition coefficient (Wildman–Crippen LogP) is 3.73. The second kappa shape index (κ2) is 8.98. The molecule has 3 aromatic heterocycles. The molecule has 0 spiro atoms. The van der Waals surface area contributed by atoms with E-state index < -0.39 is 0 Å². The lowest BCUT2D eigenvalue weighted by Gasteiger charge is -1.90. The van der Waals surface area contributed by atoms with Crippen LogP contribution in [0.15, 0.2) is 91.8 Å². The first kappa shape index (κ1) is 14.4. The number of pyridine rings is 1. The average molecular weight is 276 g/mol. The lowest BCUT2D eigenvalue weighted by atomic mass is 10.3. The first-order valence-electron chi connectivity index (χ1n) is 6.55. The van der Waals surface area contributed by atoms with Crippen LogP contribution >= 0.6 is 0 Å². The Bertz CT molecular complexity index is 600. The molecule has 0 fully saturated rings. The van der Waals surface area contributed by atoms with Gasteiger partial charge in [-0.3, -0.25) is 15.0 Å². The number of H-pyrrole nitrogens is 1. The zero-order valence-electron chi connectivity index (χ0n) is 11.5. The zero-order valence-corrected chi connectivity index (χ0v) is 11.5. The molecule has 0 radical (unpaired) electrons. The molecule has 0 amide bonds. The van der Waals surface area contributed by atoms with Crippen LogP contribution in [-0.4, -0.2) is 19.9 Å². The number of rotatable bonds is 0. The summed E-state index contributed by atoms with van der Waals surface area (Å²) in [6.45, 7) is 0. The molecule has 4 rings (SSSR count). The normalized spacial score (nSPS) is 8.95. The van der Waals surface area contributed by atoms with Gasteiger partial charge in [0.15, 0.2) is 0 Å². The number of nitrogens with zero attached hydrogens (tertiary/aromatic N) is 3. The highest BCUT2D eigenvalue weighted by atomic mass is 14.8. The summed E-state index contributed by atoms with van der Waals surface area (Å²) in [4.78, 5) is 14.9. The Kier molecular flexibility index (Phi) is 6.16. The fraction of sp³-hybridized carbons (Fsp3) is 0. The van der Waals surface area contributed by atoms with Gasteiger partial charge in [-0.1, -0.05) is 18.2 Å². The SMILES string of the molecule is c1cc[nH]c1.c1ccc2nccnc2c1.c1ccncc1. The Morgan fingerprint density at radius 2 is 1.14 bits per heavy atom. The number of aromatic amines is 1. The largest absolute Gasteiger partial charge is 0.368 e. The number of hydrogen-bond acceptors (Lipinski definition) is 3. The van der Waals surface area contributed by atoms with Crippen LogP contribution in [0.4, 0.5) is 0 Å². The van der Waals surface area contributed by atoms with Crippen LogP contribution in [0.5, 0.6) is 0 Å². The van der Waals surface area contributed by atoms with E-state index in [0.717, 1.165) is 11.0 Å². The van der Waals surface area contributed by atoms with Crippen molar-refractivity contribution in [3.8, 4) is 0 Å². The van der Waals surface area contributed by atoms with Crippen molar-refractivity contribution in [1.82, 2.24) is 19.9 Å². The average Bonchev–Trinajstić information content (AvgIpc) is 3.17. The molecular weight excluding hydrogens is 260 g/mol. The maximum absolute atomic E-state index is 4.12. The Morgan fingerprint density at radius 3 is 1.48 bits per heavy atom. The van der Waals surface area contributed by atoms with Gasteiger partial charge in [-0.2, -0.15) is 0 Å². The molecule has 0 saturated carbocycles. The number of fused-ring (bicyclic) bond motifs is 1. The Labute approximate surface area is 123 Å². The van der Waals surface area contributed by atoms with Crippen molar-refractivity contribution in [2.45, 2.75) is 0 Å². The van der Waals surface area contributed by atoms with Crippen LogP contribution in [0.3, 0.4) is 0 Å². The van der Waals surface area contributed by atoms with Gasteiger partial charge in [-0.25, -0.2) is 0 Å². The molecule has 0 aliphatic carbocycles. The molecule has 0 aliphatic heterocycles. The maximum Gasteiger partial charge on any atom is 0.0886 e. The van der Waals surface area contributed by atoms with E-state index >= 15 is 0 Å². The predicted molar refractivity (Wildman–Crippen MR) is 84.6 cm³/mol. The highest BCUT2D eigenvalue weighted by Crippen LogP contribution is 2.04. The number of aromatic nitrogens is 4. The van der Waals surface area contributed by atoms with E-state index in [1.165, 1.54) is 0 Å². The summed E-state index contributed by atoms with van der Waals surface area (Å²) in [5, 5.41) is 0. The van der Waals surface area contributed by atoms with Crippen LogP contribution in [0, 0.1) is 0 Å². The summed E-state index contributed by atoms with van der Waals surface area (Å²) in [5.74, 6) is 0. The van der Waals surface area contributed by atoms with Crippen molar-refractivity contribution in [1.29, 1.82) is 0 Å². The highest BCUT2D eigenvalue weighted by Gasteiger charge is 1.88. The second-order valence-corrected chi connectivity index (χ2v) is 3.95. The monoisotopic (exact) mass is 276 g/mol. The topological polar surface area (TPSA) is 54.5 Å². The van der Waals surface area contributed by atoms with Crippen molar-refractivity contribution in [3.05, 3.63) is 91.8 Å². The third kappa shape index (κ3) is 5.65. The van der Waals surface area contributed by atoms with Crippen molar-refractivity contribution >= 4 is 11.0 Å². The number of para-hydroxylation sites is 2. The van der Waals surface area contributed by atoms with Crippen LogP contribution in [-0.2, 0) is 0 Å². The Hall–Kier alpha value is -3.01. The standard InChI is InChI=1S/C8H6N2.C5H5N.C4H5N/c1-2-4-8-7(3-1)9-5-6-10-8;1-2-4-6-5-3-1;1-2-4-5-3-1/h1-6H;1-5H;1-5H. The molecule has 3 heterocycles. The number of benzene rings is 1. The van der Waals surface area contributed by atoms with Crippen LogP contribution in [0.1, 0.15) is 0 Å². The van der Waals surface area contributed by atoms with E-state index in [1.807, 2.05) is 67.0 Å². The summed E-state index contributed by atoms with van der Waals surface area (Å²) in [5.41, 5.74) is 1.90. The van der Waals surface area contributed by atoms with Gasteiger partial charge in [-0.15, -0.1) is 0 Å². The second-order valence-electron chi connectivity index (χ2n) is 3.95. The van der Waals surface area contributed by atoms with Gasteiger partial charge in [0.1, 0.15) is 0 Å². The van der Waals surface area contributed by atoms with Crippen molar-refractivity contribution in [2.24, 2.45) is 0 Å². The number of hydrogen-bond donors (Lipinski definition) is 1. The fourth-order valence-electron chi connectivity index (χ4n) is 1.50. The minimum Gasteiger partial charge on any atom is -0.368 e. The van der Waals surface area contributed by atoms with Gasteiger partial charge >= 0.3 is 0 Å². The summed E-state index contributed by atoms with van der Waals surface area (Å²) in [6, 6.07) is 17.4. The molecule has 4 nitrogen and oxygen atoms in total. The lowest BCUT2D eigenvalue weighted by Crippen LogP contribution is -1.78. The van der Waals surface area contributed by atoms with E-state index in [0.29, 0.717) is 0 Å². The third-order valence-corrected chi connectivity index (χ3v) is 2.44. The fourth-order valence-corrected chi connectivity index (χ4v) is 1.50. The molecule has 0 unspecified atom stereocenters. The van der Waals surface area contributed by atoms with Gasteiger partial charge in [0.05, 0.1) is 11.0 Å². The summed E-state index contributed by atoms with van der Waals surface area (Å²) < 4.78 is 0. The smallest absolute Gasteiger partial charge is 0.0886 e. The first-order chi connectivity index (χ1) is 10.5. The minimum atomic E-state index is 0.949. The maximum atomic E-state index is 4.12. The molecule has 104 valence electrons. The number of nitrogens with one attached hydrogen (secondary N) is 1. The van der Waals surface area contributed by atoms with Crippen LogP contribution in [0.25, 0.3) is 11.0 Å². The van der Waals surface area contributed by atoms with E-state index in [4.69, 9.17) is 0 Å². The summed E-state index contributed by atoms with van der Waals surface area (Å²) in [6.07, 6.45) is 10.6. The lowest BCUT2D eigenvalue weighted by molar-refractivity contribution is 1.29. The van der Waals surface area contributed by atoms with E-state index in [1.54, 1.807) is 24.8 Å². The molecular formula is C17H16N4. The van der Waals surface area contributed by atoms with Gasteiger partial charge in [-0.05, 0) is 36.4 Å². The van der Waals surface area contributed by atoms with E-state index in [-0.39, 0.29) is 0 Å². The van der Waals surface area contributed by atoms with E-state index in [2.05, 4.69) is 19.9 Å². The molecule has 4 aromatic rings. The van der Waals surface area contributed by atoms with Crippen molar-refractivity contribution in [3.63, 3.8) is 0 Å². The molecule has 21 heavy (non-hydrogen) atoms. The summed E-state index contributed by atoms with van der Waals surface area (Å²) in [7, 11) is 0. The van der Waals surface area contributed by atoms with Crippen LogP contribution in [0.2, 0.25) is 0 Å².